The monoisotopic (exact) mass is 298 g/mol. The lowest BCUT2D eigenvalue weighted by molar-refractivity contribution is 0.471. The number of benzene rings is 2. The lowest BCUT2D eigenvalue weighted by Crippen LogP contribution is -1.89. The summed E-state index contributed by atoms with van der Waals surface area (Å²) in [6, 6.07) is 13.6. The second-order valence-corrected chi connectivity index (χ2v) is 6.60. The molecule has 102 valence electrons. The Kier molecular flexibility index (Phi) is 5.39. The molecule has 0 aliphatic carbocycles. The van der Waals surface area contributed by atoms with Crippen LogP contribution >= 0.6 is 10.7 Å². The van der Waals surface area contributed by atoms with Crippen LogP contribution in [0, 0.1) is 13.8 Å². The molecular formula is C14H15ClO3S. The molecule has 0 heterocycles. The van der Waals surface area contributed by atoms with E-state index in [-0.39, 0.29) is 4.90 Å². The lowest BCUT2D eigenvalue weighted by atomic mass is 10.2. The Labute approximate surface area is 117 Å². The van der Waals surface area contributed by atoms with Gasteiger partial charge in [-0.2, -0.15) is 0 Å². The largest absolute Gasteiger partial charge is 0.508 e. The number of hydrogen-bond donors (Lipinski definition) is 1. The number of halogens is 1. The van der Waals surface area contributed by atoms with Gasteiger partial charge in [0.05, 0.1) is 4.90 Å². The highest BCUT2D eigenvalue weighted by molar-refractivity contribution is 8.13. The molecule has 0 fully saturated rings. The predicted octanol–water partition coefficient (Wildman–Crippen LogP) is 3.62. The second-order valence-electron chi connectivity index (χ2n) is 4.04. The lowest BCUT2D eigenvalue weighted by Gasteiger charge is -1.94. The van der Waals surface area contributed by atoms with Crippen molar-refractivity contribution in [1.82, 2.24) is 0 Å². The molecule has 0 atom stereocenters. The Balaban J connectivity index is 0.000000200. The number of aromatic hydroxyl groups is 1. The summed E-state index contributed by atoms with van der Waals surface area (Å²) in [7, 11) is 1.54. The van der Waals surface area contributed by atoms with Gasteiger partial charge in [0.1, 0.15) is 5.75 Å². The Morgan fingerprint density at radius 2 is 1.47 bits per heavy atom. The topological polar surface area (TPSA) is 54.4 Å². The summed E-state index contributed by atoms with van der Waals surface area (Å²) >= 11 is 0. The van der Waals surface area contributed by atoms with Crippen LogP contribution in [0.2, 0.25) is 0 Å². The van der Waals surface area contributed by atoms with Crippen molar-refractivity contribution in [3.05, 3.63) is 59.7 Å². The second kappa shape index (κ2) is 6.59. The van der Waals surface area contributed by atoms with E-state index in [0.29, 0.717) is 5.75 Å². The van der Waals surface area contributed by atoms with Crippen LogP contribution in [0.15, 0.2) is 53.4 Å². The summed E-state index contributed by atoms with van der Waals surface area (Å²) in [5.41, 5.74) is 1.93. The van der Waals surface area contributed by atoms with Crippen molar-refractivity contribution in [3.8, 4) is 5.75 Å². The molecule has 1 N–H and O–H groups in total. The van der Waals surface area contributed by atoms with Crippen molar-refractivity contribution in [2.75, 3.05) is 0 Å². The quantitative estimate of drug-likeness (QED) is 0.818. The third-order valence-electron chi connectivity index (χ3n) is 2.42. The van der Waals surface area contributed by atoms with Gasteiger partial charge in [-0.3, -0.25) is 0 Å². The van der Waals surface area contributed by atoms with Crippen LogP contribution in [0.25, 0.3) is 0 Å². The molecule has 2 rings (SSSR count). The summed E-state index contributed by atoms with van der Waals surface area (Å²) in [5.74, 6) is 0.368. The first-order valence-electron chi connectivity index (χ1n) is 5.56. The zero-order valence-corrected chi connectivity index (χ0v) is 12.2. The third kappa shape index (κ3) is 5.32. The van der Waals surface area contributed by atoms with Crippen LogP contribution in [0.5, 0.6) is 5.75 Å². The third-order valence-corrected chi connectivity index (χ3v) is 3.79. The van der Waals surface area contributed by atoms with Crippen molar-refractivity contribution >= 4 is 19.7 Å². The minimum atomic E-state index is -3.55. The minimum Gasteiger partial charge on any atom is -0.508 e. The number of aryl methyl sites for hydroxylation is 2. The van der Waals surface area contributed by atoms with Crippen molar-refractivity contribution in [3.63, 3.8) is 0 Å². The predicted molar refractivity (Wildman–Crippen MR) is 77.1 cm³/mol. The molecule has 0 aliphatic heterocycles. The van der Waals surface area contributed by atoms with Crippen molar-refractivity contribution in [2.24, 2.45) is 0 Å². The van der Waals surface area contributed by atoms with E-state index in [4.69, 9.17) is 15.8 Å². The van der Waals surface area contributed by atoms with E-state index in [0.717, 1.165) is 11.1 Å². The maximum absolute atomic E-state index is 10.7. The van der Waals surface area contributed by atoms with Crippen LogP contribution < -0.4 is 0 Å². The molecule has 0 unspecified atom stereocenters. The van der Waals surface area contributed by atoms with Gasteiger partial charge < -0.3 is 5.11 Å². The molecular weight excluding hydrogens is 284 g/mol. The molecule has 0 aromatic heterocycles. The molecule has 2 aromatic carbocycles. The highest BCUT2D eigenvalue weighted by Crippen LogP contribution is 2.14. The van der Waals surface area contributed by atoms with Gasteiger partial charge in [0.25, 0.3) is 9.05 Å². The maximum Gasteiger partial charge on any atom is 0.261 e. The Hall–Kier alpha value is -1.52. The first kappa shape index (κ1) is 15.5. The van der Waals surface area contributed by atoms with Gasteiger partial charge in [0.2, 0.25) is 0 Å². The minimum absolute atomic E-state index is 0.143. The Morgan fingerprint density at radius 3 is 1.84 bits per heavy atom. The van der Waals surface area contributed by atoms with Gasteiger partial charge in [-0.1, -0.05) is 35.9 Å². The van der Waals surface area contributed by atoms with Gasteiger partial charge in [0, 0.05) is 10.7 Å². The maximum atomic E-state index is 10.7. The molecule has 0 bridgehead atoms. The van der Waals surface area contributed by atoms with Gasteiger partial charge in [-0.15, -0.1) is 0 Å². The molecule has 5 heteroatoms. The highest BCUT2D eigenvalue weighted by Gasteiger charge is 2.07. The number of rotatable bonds is 1. The number of phenols is 1. The normalized spacial score (nSPS) is 10.5. The molecule has 0 saturated carbocycles. The fourth-order valence-corrected chi connectivity index (χ4v) is 2.03. The summed E-state index contributed by atoms with van der Waals surface area (Å²) in [6.45, 7) is 3.75. The van der Waals surface area contributed by atoms with Crippen LogP contribution in [0.4, 0.5) is 0 Å². The smallest absolute Gasteiger partial charge is 0.261 e. The molecule has 0 saturated heterocycles. The zero-order chi connectivity index (χ0) is 14.5. The average molecular weight is 299 g/mol. The molecule has 0 radical (unpaired) electrons. The molecule has 0 spiro atoms. The zero-order valence-electron chi connectivity index (χ0n) is 10.7. The highest BCUT2D eigenvalue weighted by atomic mass is 35.7. The van der Waals surface area contributed by atoms with Crippen LogP contribution in [0.3, 0.4) is 0 Å². The number of phenolic OH excluding ortho intramolecular Hbond substituents is 1. The van der Waals surface area contributed by atoms with Crippen LogP contribution in [-0.2, 0) is 9.05 Å². The first-order chi connectivity index (χ1) is 8.80. The van der Waals surface area contributed by atoms with E-state index in [2.05, 4.69) is 0 Å². The van der Waals surface area contributed by atoms with Crippen molar-refractivity contribution < 1.29 is 13.5 Å². The van der Waals surface area contributed by atoms with Gasteiger partial charge in [-0.25, -0.2) is 8.42 Å². The fraction of sp³-hybridized carbons (Fsp3) is 0.143. The van der Waals surface area contributed by atoms with Crippen LogP contribution in [0.1, 0.15) is 11.1 Å². The SMILES string of the molecule is Cc1ccc(S(=O)(=O)Cl)cc1.Cc1ccccc1O. The number of hydrogen-bond acceptors (Lipinski definition) is 3. The summed E-state index contributed by atoms with van der Waals surface area (Å²) in [4.78, 5) is 0.143. The number of para-hydroxylation sites is 1. The Morgan fingerprint density at radius 1 is 0.947 bits per heavy atom. The standard InChI is InChI=1S/C7H7ClO2S.C7H8O/c1-6-2-4-7(5-3-6)11(8,9)10;1-6-4-2-3-5-7(6)8/h2-5H,1H3;2-5,8H,1H3. The fourth-order valence-electron chi connectivity index (χ4n) is 1.26. The Bertz CT molecular complexity index is 613. The van der Waals surface area contributed by atoms with E-state index < -0.39 is 9.05 Å². The van der Waals surface area contributed by atoms with E-state index in [1.54, 1.807) is 18.2 Å². The summed E-state index contributed by atoms with van der Waals surface area (Å²) in [6.07, 6.45) is 0. The van der Waals surface area contributed by atoms with E-state index in [1.807, 2.05) is 32.0 Å². The van der Waals surface area contributed by atoms with E-state index >= 15 is 0 Å². The molecule has 2 aromatic rings. The summed E-state index contributed by atoms with van der Waals surface area (Å²) < 4.78 is 21.4. The average Bonchev–Trinajstić information content (AvgIpc) is 2.33. The first-order valence-corrected chi connectivity index (χ1v) is 7.87. The molecule has 19 heavy (non-hydrogen) atoms. The summed E-state index contributed by atoms with van der Waals surface area (Å²) in [5, 5.41) is 8.92. The van der Waals surface area contributed by atoms with Crippen molar-refractivity contribution in [2.45, 2.75) is 18.7 Å². The van der Waals surface area contributed by atoms with E-state index in [1.165, 1.54) is 12.1 Å². The van der Waals surface area contributed by atoms with E-state index in [9.17, 15) is 8.42 Å². The van der Waals surface area contributed by atoms with Gasteiger partial charge in [0.15, 0.2) is 0 Å². The molecule has 0 aliphatic rings. The van der Waals surface area contributed by atoms with Gasteiger partial charge in [-0.05, 0) is 37.6 Å². The van der Waals surface area contributed by atoms with Crippen molar-refractivity contribution in [1.29, 1.82) is 0 Å². The van der Waals surface area contributed by atoms with Crippen LogP contribution in [-0.4, -0.2) is 13.5 Å². The van der Waals surface area contributed by atoms with Gasteiger partial charge >= 0.3 is 0 Å². The molecule has 3 nitrogen and oxygen atoms in total. The molecule has 0 amide bonds.